The lowest BCUT2D eigenvalue weighted by Crippen LogP contribution is -2.33. The van der Waals surface area contributed by atoms with Crippen molar-refractivity contribution in [3.05, 3.63) is 33.3 Å². The Morgan fingerprint density at radius 2 is 1.78 bits per heavy atom. The van der Waals surface area contributed by atoms with Crippen LogP contribution in [0.5, 0.6) is 0 Å². The minimum absolute atomic E-state index is 0.214. The van der Waals surface area contributed by atoms with Crippen molar-refractivity contribution in [3.8, 4) is 0 Å². The second-order valence-corrected chi connectivity index (χ2v) is 4.94. The second-order valence-electron chi connectivity index (χ2n) is 3.68. The Bertz CT molecular complexity index is 450. The number of halogens is 2. The monoisotopic (exact) mass is 335 g/mol. The molecule has 0 radical (unpaired) electrons. The summed E-state index contributed by atoms with van der Waals surface area (Å²) >= 11 is 9.15. The quantitative estimate of drug-likeness (QED) is 0.831. The van der Waals surface area contributed by atoms with Gasteiger partial charge in [0.1, 0.15) is 0 Å². The summed E-state index contributed by atoms with van der Waals surface area (Å²) in [5.74, 6) is -2.14. The van der Waals surface area contributed by atoms with Gasteiger partial charge in [-0.25, -0.2) is 0 Å². The van der Waals surface area contributed by atoms with E-state index in [2.05, 4.69) is 15.9 Å². The standard InChI is InChI=1S/C11H11BrClNO4/c12-8-2-1-7(3-9(8)13)4-14(5-10(15)16)6-11(17)18/h1-3H,4-6H2,(H,15,16)(H,17,18). The minimum Gasteiger partial charge on any atom is -0.480 e. The summed E-state index contributed by atoms with van der Waals surface area (Å²) in [7, 11) is 0. The van der Waals surface area contributed by atoms with E-state index in [1.165, 1.54) is 4.90 Å². The number of carboxylic acid groups (broad SMARTS) is 2. The fourth-order valence-corrected chi connectivity index (χ4v) is 1.90. The molecular formula is C11H11BrClNO4. The molecule has 0 bridgehead atoms. The molecule has 0 spiro atoms. The van der Waals surface area contributed by atoms with Crippen LogP contribution in [0.3, 0.4) is 0 Å². The summed E-state index contributed by atoms with van der Waals surface area (Å²) < 4.78 is 0.732. The van der Waals surface area contributed by atoms with Crippen molar-refractivity contribution >= 4 is 39.5 Å². The van der Waals surface area contributed by atoms with Gasteiger partial charge in [0.05, 0.1) is 18.1 Å². The van der Waals surface area contributed by atoms with E-state index in [1.54, 1.807) is 18.2 Å². The summed E-state index contributed by atoms with van der Waals surface area (Å²) in [6.07, 6.45) is 0. The van der Waals surface area contributed by atoms with Crippen molar-refractivity contribution in [2.75, 3.05) is 13.1 Å². The van der Waals surface area contributed by atoms with Crippen LogP contribution < -0.4 is 0 Å². The van der Waals surface area contributed by atoms with Crippen LogP contribution >= 0.6 is 27.5 Å². The lowest BCUT2D eigenvalue weighted by atomic mass is 10.2. The molecule has 0 aliphatic heterocycles. The van der Waals surface area contributed by atoms with Crippen molar-refractivity contribution in [2.45, 2.75) is 6.54 Å². The molecule has 18 heavy (non-hydrogen) atoms. The molecular weight excluding hydrogens is 325 g/mol. The van der Waals surface area contributed by atoms with Crippen LogP contribution in [0.15, 0.2) is 22.7 Å². The van der Waals surface area contributed by atoms with E-state index in [0.717, 1.165) is 10.0 Å². The van der Waals surface area contributed by atoms with E-state index in [9.17, 15) is 9.59 Å². The molecule has 1 aromatic rings. The van der Waals surface area contributed by atoms with Crippen LogP contribution in [0.2, 0.25) is 5.02 Å². The highest BCUT2D eigenvalue weighted by atomic mass is 79.9. The summed E-state index contributed by atoms with van der Waals surface area (Å²) in [5.41, 5.74) is 0.755. The molecule has 0 amide bonds. The van der Waals surface area contributed by atoms with Gasteiger partial charge in [-0.3, -0.25) is 14.5 Å². The Morgan fingerprint density at radius 3 is 2.22 bits per heavy atom. The fraction of sp³-hybridized carbons (Fsp3) is 0.273. The molecule has 2 N–H and O–H groups in total. The van der Waals surface area contributed by atoms with Gasteiger partial charge < -0.3 is 10.2 Å². The normalized spacial score (nSPS) is 10.6. The maximum absolute atomic E-state index is 10.6. The average Bonchev–Trinajstić information content (AvgIpc) is 2.21. The van der Waals surface area contributed by atoms with Crippen molar-refractivity contribution < 1.29 is 19.8 Å². The molecule has 0 unspecified atom stereocenters. The van der Waals surface area contributed by atoms with Gasteiger partial charge in [-0.15, -0.1) is 0 Å². The second kappa shape index (κ2) is 6.72. The van der Waals surface area contributed by atoms with Gasteiger partial charge in [0.15, 0.2) is 0 Å². The zero-order chi connectivity index (χ0) is 13.7. The minimum atomic E-state index is -1.07. The number of hydrogen-bond acceptors (Lipinski definition) is 3. The number of nitrogens with zero attached hydrogens (tertiary/aromatic N) is 1. The molecule has 0 aliphatic rings. The highest BCUT2D eigenvalue weighted by Gasteiger charge is 2.14. The number of carboxylic acids is 2. The Morgan fingerprint density at radius 1 is 1.22 bits per heavy atom. The number of hydrogen-bond donors (Lipinski definition) is 2. The first-order valence-electron chi connectivity index (χ1n) is 4.98. The molecule has 1 aromatic carbocycles. The Labute approximate surface area is 117 Å². The lowest BCUT2D eigenvalue weighted by Gasteiger charge is -2.18. The van der Waals surface area contributed by atoms with Gasteiger partial charge in [0, 0.05) is 11.0 Å². The summed E-state index contributed by atoms with van der Waals surface area (Å²) in [6.45, 7) is -0.453. The molecule has 0 saturated heterocycles. The molecule has 0 fully saturated rings. The van der Waals surface area contributed by atoms with Gasteiger partial charge in [-0.1, -0.05) is 17.7 Å². The molecule has 5 nitrogen and oxygen atoms in total. The van der Waals surface area contributed by atoms with Gasteiger partial charge in [-0.05, 0) is 33.6 Å². The first kappa shape index (κ1) is 14.9. The SMILES string of the molecule is O=C(O)CN(CC(=O)O)Cc1ccc(Br)c(Cl)c1. The fourth-order valence-electron chi connectivity index (χ4n) is 1.45. The predicted molar refractivity (Wildman–Crippen MR) is 69.7 cm³/mol. The topological polar surface area (TPSA) is 77.8 Å². The molecule has 98 valence electrons. The highest BCUT2D eigenvalue weighted by molar-refractivity contribution is 9.10. The number of carbonyl (C=O) groups is 2. The Hall–Kier alpha value is -1.11. The Balaban J connectivity index is 2.77. The molecule has 7 heteroatoms. The number of rotatable bonds is 6. The zero-order valence-electron chi connectivity index (χ0n) is 9.27. The third-order valence-corrected chi connectivity index (χ3v) is 3.34. The zero-order valence-corrected chi connectivity index (χ0v) is 11.6. The maximum atomic E-state index is 10.6. The smallest absolute Gasteiger partial charge is 0.317 e. The highest BCUT2D eigenvalue weighted by Crippen LogP contribution is 2.23. The van der Waals surface area contributed by atoms with Gasteiger partial charge in [0.25, 0.3) is 0 Å². The van der Waals surface area contributed by atoms with Crippen LogP contribution in [0.1, 0.15) is 5.56 Å². The predicted octanol–water partition coefficient (Wildman–Crippen LogP) is 2.07. The van der Waals surface area contributed by atoms with Gasteiger partial charge in [0.2, 0.25) is 0 Å². The van der Waals surface area contributed by atoms with E-state index < -0.39 is 11.9 Å². The molecule has 0 aliphatic carbocycles. The van der Waals surface area contributed by atoms with Gasteiger partial charge in [-0.2, -0.15) is 0 Å². The van der Waals surface area contributed by atoms with Crippen LogP contribution in [-0.4, -0.2) is 40.1 Å². The molecule has 0 heterocycles. The van der Waals surface area contributed by atoms with Crippen molar-refractivity contribution in [1.29, 1.82) is 0 Å². The number of benzene rings is 1. The summed E-state index contributed by atoms with van der Waals surface area (Å²) in [6, 6.07) is 5.16. The van der Waals surface area contributed by atoms with Crippen LogP contribution in [0.25, 0.3) is 0 Å². The summed E-state index contributed by atoms with van der Waals surface area (Å²) in [5, 5.41) is 17.9. The van der Waals surface area contributed by atoms with Crippen LogP contribution in [0, 0.1) is 0 Å². The number of aliphatic carboxylic acids is 2. The first-order valence-corrected chi connectivity index (χ1v) is 6.15. The Kier molecular flexibility index (Phi) is 5.58. The molecule has 0 saturated carbocycles. The van der Waals surface area contributed by atoms with Crippen LogP contribution in [0.4, 0.5) is 0 Å². The van der Waals surface area contributed by atoms with E-state index in [4.69, 9.17) is 21.8 Å². The van der Waals surface area contributed by atoms with E-state index >= 15 is 0 Å². The first-order chi connectivity index (χ1) is 8.38. The lowest BCUT2D eigenvalue weighted by molar-refractivity contribution is -0.142. The molecule has 0 aromatic heterocycles. The van der Waals surface area contributed by atoms with E-state index in [0.29, 0.717) is 5.02 Å². The maximum Gasteiger partial charge on any atom is 0.317 e. The molecule has 1 rings (SSSR count). The largest absolute Gasteiger partial charge is 0.480 e. The van der Waals surface area contributed by atoms with E-state index in [1.807, 2.05) is 0 Å². The summed E-state index contributed by atoms with van der Waals surface area (Å²) in [4.78, 5) is 22.6. The average molecular weight is 337 g/mol. The third kappa shape index (κ3) is 5.03. The third-order valence-electron chi connectivity index (χ3n) is 2.11. The van der Waals surface area contributed by atoms with Gasteiger partial charge >= 0.3 is 11.9 Å². The molecule has 0 atom stereocenters. The van der Waals surface area contributed by atoms with Crippen molar-refractivity contribution in [3.63, 3.8) is 0 Å². The van der Waals surface area contributed by atoms with Crippen molar-refractivity contribution in [2.24, 2.45) is 0 Å². The van der Waals surface area contributed by atoms with E-state index in [-0.39, 0.29) is 19.6 Å². The van der Waals surface area contributed by atoms with Crippen molar-refractivity contribution in [1.82, 2.24) is 4.90 Å². The van der Waals surface area contributed by atoms with Crippen LogP contribution in [-0.2, 0) is 16.1 Å².